The van der Waals surface area contributed by atoms with Crippen LogP contribution in [0.25, 0.3) is 38.6 Å². The van der Waals surface area contributed by atoms with E-state index in [0.717, 1.165) is 33.1 Å². The predicted molar refractivity (Wildman–Crippen MR) is 280 cm³/mol. The van der Waals surface area contributed by atoms with E-state index in [2.05, 4.69) is 241 Å². The Balaban J connectivity index is 1.24. The second-order valence-electron chi connectivity index (χ2n) is 16.8. The van der Waals surface area contributed by atoms with Gasteiger partial charge in [-0.25, -0.2) is 0 Å². The van der Waals surface area contributed by atoms with Crippen molar-refractivity contribution in [3.05, 3.63) is 277 Å². The number of para-hydroxylation sites is 1. The Morgan fingerprint density at radius 3 is 1.20 bits per heavy atom. The summed E-state index contributed by atoms with van der Waals surface area (Å²) in [5, 5.41) is 24.8. The number of hydrogen-bond acceptors (Lipinski definition) is 2. The number of nitro groups is 1. The van der Waals surface area contributed by atoms with E-state index < -0.39 is 16.1 Å². The van der Waals surface area contributed by atoms with Gasteiger partial charge in [0.05, 0.1) is 21.5 Å². The molecular formula is C60H44N2O2Si2. The number of nitrogens with zero attached hydrogens (tertiary/aromatic N) is 2. The topological polar surface area (TPSA) is 48.1 Å². The average molecular weight is 881 g/mol. The minimum absolute atomic E-state index is 0.0870. The van der Waals surface area contributed by atoms with E-state index in [-0.39, 0.29) is 10.6 Å². The molecule has 0 atom stereocenters. The monoisotopic (exact) mass is 880 g/mol. The maximum atomic E-state index is 12.4. The molecule has 0 saturated carbocycles. The maximum Gasteiger partial charge on any atom is 0.277 e. The van der Waals surface area contributed by atoms with E-state index in [1.54, 1.807) is 12.1 Å². The summed E-state index contributed by atoms with van der Waals surface area (Å²) in [5.74, 6) is 0. The molecule has 1 aromatic heterocycles. The molecule has 1 heterocycles. The van der Waals surface area contributed by atoms with Gasteiger partial charge in [0.15, 0.2) is 16.1 Å². The van der Waals surface area contributed by atoms with Crippen LogP contribution >= 0.6 is 0 Å². The maximum absolute atomic E-state index is 12.4. The van der Waals surface area contributed by atoms with Gasteiger partial charge in [-0.1, -0.05) is 224 Å². The van der Waals surface area contributed by atoms with Crippen molar-refractivity contribution in [1.82, 2.24) is 4.57 Å². The summed E-state index contributed by atoms with van der Waals surface area (Å²) >= 11 is 0. The molecule has 0 fully saturated rings. The molecular weight excluding hydrogens is 837 g/mol. The van der Waals surface area contributed by atoms with E-state index in [0.29, 0.717) is 5.56 Å². The van der Waals surface area contributed by atoms with Crippen LogP contribution in [-0.2, 0) is 0 Å². The smallest absolute Gasteiger partial charge is 0.277 e. The van der Waals surface area contributed by atoms with Crippen LogP contribution in [0.2, 0.25) is 0 Å². The molecule has 6 heteroatoms. The zero-order chi connectivity index (χ0) is 44.5. The highest BCUT2D eigenvalue weighted by Gasteiger charge is 2.43. The van der Waals surface area contributed by atoms with Gasteiger partial charge >= 0.3 is 0 Å². The zero-order valence-corrected chi connectivity index (χ0v) is 38.1. The summed E-state index contributed by atoms with van der Waals surface area (Å²) in [6, 6.07) is 95.9. The zero-order valence-electron chi connectivity index (χ0n) is 36.1. The van der Waals surface area contributed by atoms with Crippen LogP contribution in [0.3, 0.4) is 0 Å². The Hall–Kier alpha value is -8.17. The molecule has 0 unspecified atom stereocenters. The van der Waals surface area contributed by atoms with Crippen molar-refractivity contribution in [2.45, 2.75) is 0 Å². The molecule has 0 saturated heterocycles. The van der Waals surface area contributed by atoms with E-state index >= 15 is 0 Å². The summed E-state index contributed by atoms with van der Waals surface area (Å²) in [7, 11) is -5.82. The first-order valence-corrected chi connectivity index (χ1v) is 26.3. The van der Waals surface area contributed by atoms with Gasteiger partial charge in [-0.05, 0) is 83.5 Å². The number of hydrogen-bond donors (Lipinski definition) is 0. The summed E-state index contributed by atoms with van der Waals surface area (Å²) < 4.78 is 2.43. The van der Waals surface area contributed by atoms with Gasteiger partial charge in [-0.15, -0.1) is 0 Å². The lowest BCUT2D eigenvalue weighted by Gasteiger charge is -2.35. The van der Waals surface area contributed by atoms with Crippen LogP contribution < -0.4 is 41.5 Å². The molecule has 10 aromatic carbocycles. The van der Waals surface area contributed by atoms with Crippen LogP contribution in [-0.4, -0.2) is 25.6 Å². The fourth-order valence-electron chi connectivity index (χ4n) is 10.6. The van der Waals surface area contributed by atoms with E-state index in [9.17, 15) is 10.1 Å². The molecule has 0 aliphatic heterocycles. The number of aromatic nitrogens is 1. The first kappa shape index (κ1) is 40.6. The van der Waals surface area contributed by atoms with Crippen molar-refractivity contribution < 1.29 is 4.92 Å². The normalized spacial score (nSPS) is 11.8. The van der Waals surface area contributed by atoms with Crippen LogP contribution in [0.1, 0.15) is 0 Å². The number of benzene rings is 10. The average Bonchev–Trinajstić information content (AvgIpc) is 3.72. The highest BCUT2D eigenvalue weighted by Crippen LogP contribution is 2.37. The van der Waals surface area contributed by atoms with E-state index in [1.807, 2.05) is 18.2 Å². The van der Waals surface area contributed by atoms with Crippen molar-refractivity contribution in [3.63, 3.8) is 0 Å². The number of rotatable bonds is 11. The third kappa shape index (κ3) is 6.65. The molecule has 314 valence electrons. The predicted octanol–water partition coefficient (Wildman–Crippen LogP) is 9.11. The summed E-state index contributed by atoms with van der Waals surface area (Å²) in [5.41, 5.74) is 4.64. The molecule has 0 radical (unpaired) electrons. The van der Waals surface area contributed by atoms with Crippen molar-refractivity contribution in [2.24, 2.45) is 0 Å². The highest BCUT2D eigenvalue weighted by molar-refractivity contribution is 7.20. The molecule has 0 bridgehead atoms. The van der Waals surface area contributed by atoms with Crippen molar-refractivity contribution in [3.8, 4) is 16.8 Å². The Morgan fingerprint density at radius 1 is 0.333 bits per heavy atom. The lowest BCUT2D eigenvalue weighted by molar-refractivity contribution is -0.384. The van der Waals surface area contributed by atoms with Crippen LogP contribution in [0.15, 0.2) is 267 Å². The molecule has 0 spiro atoms. The molecule has 4 nitrogen and oxygen atoms in total. The lowest BCUT2D eigenvalue weighted by Crippen LogP contribution is -2.74. The van der Waals surface area contributed by atoms with E-state index in [4.69, 9.17) is 0 Å². The summed E-state index contributed by atoms with van der Waals surface area (Å²) in [4.78, 5) is 12.1. The lowest BCUT2D eigenvalue weighted by atomic mass is 10.0. The van der Waals surface area contributed by atoms with Gasteiger partial charge in [0.1, 0.15) is 0 Å². The number of fused-ring (bicyclic) bond motifs is 3. The summed E-state index contributed by atoms with van der Waals surface area (Å²) in [6.45, 7) is 0. The second-order valence-corrected chi connectivity index (χ2v) is 24.4. The Bertz CT molecular complexity index is 3300. The minimum atomic E-state index is -2.93. The number of nitro benzene ring substituents is 1. The quantitative estimate of drug-likeness (QED) is 0.0564. The molecule has 66 heavy (non-hydrogen) atoms. The molecule has 11 rings (SSSR count). The van der Waals surface area contributed by atoms with Crippen LogP contribution in [0.4, 0.5) is 5.69 Å². The Kier molecular flexibility index (Phi) is 10.5. The van der Waals surface area contributed by atoms with Crippen molar-refractivity contribution in [2.75, 3.05) is 0 Å². The van der Waals surface area contributed by atoms with Crippen LogP contribution in [0, 0.1) is 10.1 Å². The first-order chi connectivity index (χ1) is 32.6. The van der Waals surface area contributed by atoms with Gasteiger partial charge in [-0.2, -0.15) is 0 Å². The van der Waals surface area contributed by atoms with Gasteiger partial charge in [0.25, 0.3) is 5.69 Å². The van der Waals surface area contributed by atoms with Crippen LogP contribution in [0.5, 0.6) is 0 Å². The third-order valence-electron chi connectivity index (χ3n) is 13.4. The second kappa shape index (κ2) is 17.1. The molecule has 0 amide bonds. The fraction of sp³-hybridized carbons (Fsp3) is 0. The van der Waals surface area contributed by atoms with Gasteiger partial charge < -0.3 is 4.57 Å². The largest absolute Gasteiger partial charge is 0.309 e. The van der Waals surface area contributed by atoms with Crippen molar-refractivity contribution >= 4 is 85.1 Å². The highest BCUT2D eigenvalue weighted by atomic mass is 28.3. The Labute approximate surface area is 386 Å². The molecule has 0 aliphatic rings. The van der Waals surface area contributed by atoms with E-state index in [1.165, 1.54) is 41.5 Å². The SMILES string of the molecule is O=[N+]([O-])c1ccccc1-c1ccc2c(c1)c1ccc([Si](c3ccccc3)(c3ccccc3)c3ccccc3)cc1n2-c1cccc([Si](c2ccccc2)(c2ccccc2)c2ccccc2)c1. The third-order valence-corrected chi connectivity index (χ3v) is 22.9. The van der Waals surface area contributed by atoms with Gasteiger partial charge in [0.2, 0.25) is 0 Å². The van der Waals surface area contributed by atoms with Crippen molar-refractivity contribution in [1.29, 1.82) is 0 Å². The first-order valence-electron chi connectivity index (χ1n) is 22.3. The molecule has 11 aromatic rings. The Morgan fingerprint density at radius 2 is 0.742 bits per heavy atom. The standard InChI is InChI=1S/C60H44N2O2Si2/c63-62(64)59-37-20-19-36-55(59)45-38-41-58-57(42-45)56-40-39-54(66(50-29-13-4-14-30-50,51-31-15-5-16-32-51)52-33-17-6-18-34-52)44-60(56)61(58)46-22-21-35-53(43-46)65(47-23-7-1-8-24-47,48-25-9-2-10-26-48)49-27-11-3-12-28-49/h1-44H. The van der Waals surface area contributed by atoms with Gasteiger partial charge in [-0.3, -0.25) is 10.1 Å². The fourth-order valence-corrected chi connectivity index (χ4v) is 20.1. The minimum Gasteiger partial charge on any atom is -0.309 e. The summed E-state index contributed by atoms with van der Waals surface area (Å²) in [6.07, 6.45) is 0. The molecule has 0 N–H and O–H groups in total. The molecule has 0 aliphatic carbocycles. The van der Waals surface area contributed by atoms with Gasteiger partial charge in [0, 0.05) is 22.5 Å².